The Labute approximate surface area is 163 Å². The summed E-state index contributed by atoms with van der Waals surface area (Å²) in [5.41, 5.74) is 1.01. The molecule has 0 saturated carbocycles. The van der Waals surface area contributed by atoms with Gasteiger partial charge in [0.25, 0.3) is 0 Å². The van der Waals surface area contributed by atoms with Gasteiger partial charge in [0.2, 0.25) is 5.91 Å². The van der Waals surface area contributed by atoms with E-state index in [0.29, 0.717) is 27.4 Å². The van der Waals surface area contributed by atoms with E-state index < -0.39 is 11.6 Å². The number of aromatic nitrogens is 5. The van der Waals surface area contributed by atoms with Crippen molar-refractivity contribution in [3.63, 3.8) is 0 Å². The lowest BCUT2D eigenvalue weighted by atomic mass is 10.3. The Balaban J connectivity index is 1.67. The quantitative estimate of drug-likeness (QED) is 0.538. The first-order valence-corrected chi connectivity index (χ1v) is 9.14. The number of fused-ring (bicyclic) bond motifs is 3. The van der Waals surface area contributed by atoms with E-state index >= 15 is 0 Å². The SMILES string of the molecule is COc1ccccc1NC(=O)Cn1nc2c3sc(N(C)C)nc3ncn2c1=O. The summed E-state index contributed by atoms with van der Waals surface area (Å²) < 4.78 is 8.33. The Morgan fingerprint density at radius 3 is 2.86 bits per heavy atom. The average Bonchev–Trinajstić information content (AvgIpc) is 3.24. The monoisotopic (exact) mass is 399 g/mol. The molecule has 0 bridgehead atoms. The van der Waals surface area contributed by atoms with Crippen LogP contribution in [-0.4, -0.2) is 51.3 Å². The van der Waals surface area contributed by atoms with Crippen LogP contribution in [-0.2, 0) is 11.3 Å². The fourth-order valence-corrected chi connectivity index (χ4v) is 3.61. The molecule has 0 radical (unpaired) electrons. The molecule has 4 aromatic rings. The molecule has 0 aliphatic rings. The van der Waals surface area contributed by atoms with Crippen LogP contribution in [0.3, 0.4) is 0 Å². The number of amides is 1. The third kappa shape index (κ3) is 3.05. The van der Waals surface area contributed by atoms with Gasteiger partial charge in [0, 0.05) is 14.1 Å². The highest BCUT2D eigenvalue weighted by Crippen LogP contribution is 2.28. The van der Waals surface area contributed by atoms with Crippen molar-refractivity contribution in [1.29, 1.82) is 0 Å². The van der Waals surface area contributed by atoms with Crippen molar-refractivity contribution in [1.82, 2.24) is 24.1 Å². The fraction of sp³-hybridized carbons (Fsp3) is 0.235. The van der Waals surface area contributed by atoms with E-state index in [1.807, 2.05) is 19.0 Å². The van der Waals surface area contributed by atoms with Gasteiger partial charge >= 0.3 is 5.69 Å². The summed E-state index contributed by atoms with van der Waals surface area (Å²) in [6, 6.07) is 7.04. The van der Waals surface area contributed by atoms with Gasteiger partial charge in [-0.1, -0.05) is 23.5 Å². The van der Waals surface area contributed by atoms with Crippen LogP contribution in [0, 0.1) is 0 Å². The number of rotatable bonds is 5. The number of nitrogens with zero attached hydrogens (tertiary/aromatic N) is 6. The van der Waals surface area contributed by atoms with E-state index in [1.165, 1.54) is 29.2 Å². The zero-order valence-corrected chi connectivity index (χ0v) is 16.2. The minimum Gasteiger partial charge on any atom is -0.495 e. The van der Waals surface area contributed by atoms with E-state index in [9.17, 15) is 9.59 Å². The Kier molecular flexibility index (Phi) is 4.43. The van der Waals surface area contributed by atoms with Crippen LogP contribution in [0.15, 0.2) is 35.4 Å². The second kappa shape index (κ2) is 6.93. The molecule has 0 fully saturated rings. The zero-order chi connectivity index (χ0) is 19.8. The highest BCUT2D eigenvalue weighted by Gasteiger charge is 2.17. The lowest BCUT2D eigenvalue weighted by molar-refractivity contribution is -0.117. The third-order valence-electron chi connectivity index (χ3n) is 4.02. The number of hydrogen-bond donors (Lipinski definition) is 1. The van der Waals surface area contributed by atoms with E-state index in [0.717, 1.165) is 9.81 Å². The summed E-state index contributed by atoms with van der Waals surface area (Å²) in [5.74, 6) is 0.141. The third-order valence-corrected chi connectivity index (χ3v) is 5.23. The highest BCUT2D eigenvalue weighted by atomic mass is 32.1. The molecule has 0 spiro atoms. The predicted octanol–water partition coefficient (Wildman–Crippen LogP) is 1.21. The Morgan fingerprint density at radius 1 is 1.32 bits per heavy atom. The number of methoxy groups -OCH3 is 1. The number of anilines is 2. The van der Waals surface area contributed by atoms with Crippen LogP contribution < -0.4 is 20.6 Å². The maximum absolute atomic E-state index is 12.6. The van der Waals surface area contributed by atoms with Crippen LogP contribution in [0.5, 0.6) is 5.75 Å². The van der Waals surface area contributed by atoms with E-state index in [-0.39, 0.29) is 6.54 Å². The molecule has 0 unspecified atom stereocenters. The van der Waals surface area contributed by atoms with Crippen molar-refractivity contribution >= 4 is 44.1 Å². The minimum atomic E-state index is -0.445. The first-order valence-electron chi connectivity index (χ1n) is 8.33. The molecule has 28 heavy (non-hydrogen) atoms. The molecule has 1 amide bonds. The van der Waals surface area contributed by atoms with E-state index in [2.05, 4.69) is 20.4 Å². The smallest absolute Gasteiger partial charge is 0.352 e. The van der Waals surface area contributed by atoms with Crippen LogP contribution >= 0.6 is 11.3 Å². The highest BCUT2D eigenvalue weighted by molar-refractivity contribution is 7.22. The molecule has 10 nitrogen and oxygen atoms in total. The van der Waals surface area contributed by atoms with Gasteiger partial charge in [0.1, 0.15) is 23.3 Å². The maximum atomic E-state index is 12.6. The van der Waals surface area contributed by atoms with Gasteiger partial charge in [-0.05, 0) is 12.1 Å². The predicted molar refractivity (Wildman–Crippen MR) is 106 cm³/mol. The van der Waals surface area contributed by atoms with Gasteiger partial charge in [-0.15, -0.1) is 5.10 Å². The number of carbonyl (C=O) groups excluding carboxylic acids is 1. The number of hydrogen-bond acceptors (Lipinski definition) is 8. The topological polar surface area (TPSA) is 107 Å². The first-order chi connectivity index (χ1) is 13.5. The summed E-state index contributed by atoms with van der Waals surface area (Å²) in [4.78, 5) is 35.5. The second-order valence-electron chi connectivity index (χ2n) is 6.17. The molecule has 3 aromatic heterocycles. The number of nitrogens with one attached hydrogen (secondary N) is 1. The number of para-hydroxylation sites is 2. The molecular weight excluding hydrogens is 382 g/mol. The van der Waals surface area contributed by atoms with Gasteiger partial charge in [-0.3, -0.25) is 4.79 Å². The minimum absolute atomic E-state index is 0.237. The average molecular weight is 399 g/mol. The zero-order valence-electron chi connectivity index (χ0n) is 15.4. The number of thiazole rings is 1. The van der Waals surface area contributed by atoms with Gasteiger partial charge in [0.15, 0.2) is 16.4 Å². The summed E-state index contributed by atoms with van der Waals surface area (Å²) >= 11 is 1.38. The lowest BCUT2D eigenvalue weighted by Gasteiger charge is -2.09. The molecule has 1 N–H and O–H groups in total. The number of ether oxygens (including phenoxy) is 1. The first kappa shape index (κ1) is 17.9. The summed E-state index contributed by atoms with van der Waals surface area (Å²) in [7, 11) is 5.27. The molecule has 144 valence electrons. The molecule has 0 aliphatic heterocycles. The van der Waals surface area contributed by atoms with Crippen LogP contribution in [0.1, 0.15) is 0 Å². The Hall–Kier alpha value is -3.47. The standard InChI is InChI=1S/C17H17N7O3S/c1-22(2)16-20-14-13(28-16)15-21-24(17(26)23(15)9-18-14)8-12(25)19-10-6-4-5-7-11(10)27-3/h4-7,9H,8H2,1-3H3,(H,19,25). The van der Waals surface area contributed by atoms with Crippen molar-refractivity contribution in [3.8, 4) is 5.75 Å². The molecule has 0 saturated heterocycles. The van der Waals surface area contributed by atoms with Crippen molar-refractivity contribution < 1.29 is 9.53 Å². The van der Waals surface area contributed by atoms with Crippen LogP contribution in [0.2, 0.25) is 0 Å². The summed E-state index contributed by atoms with van der Waals surface area (Å²) in [6.45, 7) is -0.237. The van der Waals surface area contributed by atoms with Crippen LogP contribution in [0.4, 0.5) is 10.8 Å². The van der Waals surface area contributed by atoms with Gasteiger partial charge in [-0.2, -0.15) is 4.98 Å². The maximum Gasteiger partial charge on any atom is 0.352 e. The largest absolute Gasteiger partial charge is 0.495 e. The lowest BCUT2D eigenvalue weighted by Crippen LogP contribution is -2.28. The van der Waals surface area contributed by atoms with Gasteiger partial charge in [0.05, 0.1) is 12.8 Å². The van der Waals surface area contributed by atoms with Gasteiger partial charge in [-0.25, -0.2) is 18.9 Å². The Morgan fingerprint density at radius 2 is 2.11 bits per heavy atom. The molecule has 1 aromatic carbocycles. The van der Waals surface area contributed by atoms with Crippen molar-refractivity contribution in [2.75, 3.05) is 31.4 Å². The molecular formula is C17H17N7O3S. The molecule has 11 heteroatoms. The van der Waals surface area contributed by atoms with Gasteiger partial charge < -0.3 is 15.0 Å². The molecule has 3 heterocycles. The van der Waals surface area contributed by atoms with Crippen molar-refractivity contribution in [3.05, 3.63) is 41.1 Å². The second-order valence-corrected chi connectivity index (χ2v) is 7.15. The van der Waals surface area contributed by atoms with E-state index in [1.54, 1.807) is 24.3 Å². The van der Waals surface area contributed by atoms with Crippen molar-refractivity contribution in [2.45, 2.75) is 6.54 Å². The summed E-state index contributed by atoms with van der Waals surface area (Å²) in [5, 5.41) is 7.81. The number of benzene rings is 1. The normalized spacial score (nSPS) is 11.1. The summed E-state index contributed by atoms with van der Waals surface area (Å²) in [6.07, 6.45) is 1.38. The number of carbonyl (C=O) groups is 1. The molecule has 0 aliphatic carbocycles. The molecule has 0 atom stereocenters. The Bertz CT molecular complexity index is 1240. The van der Waals surface area contributed by atoms with E-state index in [4.69, 9.17) is 4.74 Å². The van der Waals surface area contributed by atoms with Crippen molar-refractivity contribution in [2.24, 2.45) is 0 Å². The van der Waals surface area contributed by atoms with Crippen LogP contribution in [0.25, 0.3) is 16.0 Å². The molecule has 4 rings (SSSR count). The fourth-order valence-electron chi connectivity index (χ4n) is 2.69.